The molecule has 1 nitrogen and oxygen atoms in total. The smallest absolute Gasteiger partial charge is 0.0201 e. The summed E-state index contributed by atoms with van der Waals surface area (Å²) in [6, 6.07) is 0. The van der Waals surface area contributed by atoms with Gasteiger partial charge in [-0.3, -0.25) is 0 Å². The summed E-state index contributed by atoms with van der Waals surface area (Å²) in [5.74, 6) is 0. The van der Waals surface area contributed by atoms with E-state index in [9.17, 15) is 0 Å². The third kappa shape index (κ3) is 2.87. The average molecular weight is 207 g/mol. The second-order valence-electron chi connectivity index (χ2n) is 6.67. The molecule has 86 valence electrons. The van der Waals surface area contributed by atoms with E-state index in [2.05, 4.69) is 60.0 Å². The van der Waals surface area contributed by atoms with Crippen LogP contribution in [0.5, 0.6) is 0 Å². The van der Waals surface area contributed by atoms with E-state index in [0.717, 1.165) is 6.42 Å². The van der Waals surface area contributed by atoms with Gasteiger partial charge in [-0.25, -0.2) is 0 Å². The van der Waals surface area contributed by atoms with Crippen LogP contribution < -0.4 is 5.32 Å². The van der Waals surface area contributed by atoms with Gasteiger partial charge >= 0.3 is 0 Å². The summed E-state index contributed by atoms with van der Waals surface area (Å²) in [6.07, 6.45) is 3.26. The van der Waals surface area contributed by atoms with E-state index in [1.54, 1.807) is 5.57 Å². The molecule has 0 saturated heterocycles. The third-order valence-corrected chi connectivity index (χ3v) is 2.88. The van der Waals surface area contributed by atoms with Crippen LogP contribution in [0.15, 0.2) is 23.0 Å². The molecule has 0 amide bonds. The molecule has 0 bridgehead atoms. The van der Waals surface area contributed by atoms with Crippen molar-refractivity contribution in [3.63, 3.8) is 0 Å². The predicted octanol–water partition coefficient (Wildman–Crippen LogP) is 4.23. The van der Waals surface area contributed by atoms with E-state index in [1.165, 1.54) is 11.3 Å². The van der Waals surface area contributed by atoms with E-state index >= 15 is 0 Å². The van der Waals surface area contributed by atoms with Gasteiger partial charge < -0.3 is 5.32 Å². The van der Waals surface area contributed by atoms with Crippen LogP contribution >= 0.6 is 0 Å². The zero-order valence-corrected chi connectivity index (χ0v) is 11.3. The molecule has 0 fully saturated rings. The fourth-order valence-corrected chi connectivity index (χ4v) is 2.01. The van der Waals surface area contributed by atoms with Gasteiger partial charge in [0.1, 0.15) is 0 Å². The van der Waals surface area contributed by atoms with E-state index in [1.807, 2.05) is 0 Å². The van der Waals surface area contributed by atoms with Crippen LogP contribution in [0.1, 0.15) is 54.9 Å². The summed E-state index contributed by atoms with van der Waals surface area (Å²) < 4.78 is 0. The van der Waals surface area contributed by atoms with Crippen LogP contribution in [0.3, 0.4) is 0 Å². The Morgan fingerprint density at radius 3 is 1.93 bits per heavy atom. The summed E-state index contributed by atoms with van der Waals surface area (Å²) in [5.41, 5.74) is 4.84. The molecule has 1 heterocycles. The van der Waals surface area contributed by atoms with Crippen molar-refractivity contribution >= 4 is 0 Å². The molecule has 0 unspecified atom stereocenters. The lowest BCUT2D eigenvalue weighted by Crippen LogP contribution is -2.29. The van der Waals surface area contributed by atoms with Crippen LogP contribution in [-0.4, -0.2) is 0 Å². The summed E-state index contributed by atoms with van der Waals surface area (Å²) >= 11 is 0. The van der Waals surface area contributed by atoms with Gasteiger partial charge in [-0.1, -0.05) is 47.1 Å². The predicted molar refractivity (Wildman–Crippen MR) is 67.4 cm³/mol. The normalized spacial score (nSPS) is 18.7. The Labute approximate surface area is 94.6 Å². The van der Waals surface area contributed by atoms with Crippen molar-refractivity contribution in [2.45, 2.75) is 54.9 Å². The van der Waals surface area contributed by atoms with Crippen molar-refractivity contribution < 1.29 is 0 Å². The molecule has 0 radical (unpaired) electrons. The monoisotopic (exact) mass is 207 g/mol. The number of hydrogen-bond donors (Lipinski definition) is 1. The Balaban J connectivity index is 3.16. The highest BCUT2D eigenvalue weighted by molar-refractivity contribution is 5.32. The zero-order valence-electron chi connectivity index (χ0n) is 11.3. The Bertz CT molecular complexity index is 305. The molecule has 0 saturated carbocycles. The van der Waals surface area contributed by atoms with Crippen LogP contribution in [0.25, 0.3) is 0 Å². The van der Waals surface area contributed by atoms with Crippen molar-refractivity contribution in [3.05, 3.63) is 23.0 Å². The fraction of sp³-hybridized carbons (Fsp3) is 0.714. The van der Waals surface area contributed by atoms with E-state index < -0.39 is 0 Å². The number of allylic oxidation sites excluding steroid dienone is 3. The maximum Gasteiger partial charge on any atom is 0.0201 e. The standard InChI is InChI=1S/C14H25N/c1-10-8-11(13(2,3)4)12(15-9-10)14(5,6)7/h9,15H,8H2,1-7H3. The lowest BCUT2D eigenvalue weighted by atomic mass is 9.75. The molecule has 0 atom stereocenters. The van der Waals surface area contributed by atoms with Crippen LogP contribution in [0.2, 0.25) is 0 Å². The molecule has 0 aromatic rings. The van der Waals surface area contributed by atoms with Crippen LogP contribution in [0.4, 0.5) is 0 Å². The number of dihydropyridines is 1. The second-order valence-corrected chi connectivity index (χ2v) is 6.67. The van der Waals surface area contributed by atoms with Crippen molar-refractivity contribution in [1.82, 2.24) is 5.32 Å². The Morgan fingerprint density at radius 1 is 1.00 bits per heavy atom. The minimum absolute atomic E-state index is 0.208. The quantitative estimate of drug-likeness (QED) is 0.627. The Hall–Kier alpha value is -0.720. The Kier molecular flexibility index (Phi) is 3.04. The summed E-state index contributed by atoms with van der Waals surface area (Å²) in [6.45, 7) is 15.9. The molecule has 0 spiro atoms. The molecule has 15 heavy (non-hydrogen) atoms. The van der Waals surface area contributed by atoms with Crippen molar-refractivity contribution in [2.24, 2.45) is 10.8 Å². The summed E-state index contributed by atoms with van der Waals surface area (Å²) in [7, 11) is 0. The SMILES string of the molecule is CC1=CNC(C(C)(C)C)=C(C(C)(C)C)C1. The van der Waals surface area contributed by atoms with Crippen molar-refractivity contribution in [2.75, 3.05) is 0 Å². The van der Waals surface area contributed by atoms with Crippen molar-refractivity contribution in [3.8, 4) is 0 Å². The van der Waals surface area contributed by atoms with Gasteiger partial charge in [-0.2, -0.15) is 0 Å². The minimum atomic E-state index is 0.208. The first-order valence-corrected chi connectivity index (χ1v) is 5.78. The zero-order chi connectivity index (χ0) is 11.9. The summed E-state index contributed by atoms with van der Waals surface area (Å²) in [5, 5.41) is 3.48. The molecular weight excluding hydrogens is 182 g/mol. The first kappa shape index (κ1) is 12.4. The number of rotatable bonds is 0. The minimum Gasteiger partial charge on any atom is -0.365 e. The first-order valence-electron chi connectivity index (χ1n) is 5.78. The lowest BCUT2D eigenvalue weighted by Gasteiger charge is -2.36. The van der Waals surface area contributed by atoms with Gasteiger partial charge in [0.15, 0.2) is 0 Å². The highest BCUT2D eigenvalue weighted by atomic mass is 14.9. The maximum atomic E-state index is 3.48. The molecule has 1 heteroatoms. The van der Waals surface area contributed by atoms with E-state index in [-0.39, 0.29) is 10.8 Å². The van der Waals surface area contributed by atoms with E-state index in [0.29, 0.717) is 0 Å². The lowest BCUT2D eigenvalue weighted by molar-refractivity contribution is 0.413. The topological polar surface area (TPSA) is 12.0 Å². The third-order valence-electron chi connectivity index (χ3n) is 2.88. The molecule has 1 rings (SSSR count). The Morgan fingerprint density at radius 2 is 1.53 bits per heavy atom. The molecule has 1 aliphatic heterocycles. The van der Waals surface area contributed by atoms with Crippen molar-refractivity contribution in [1.29, 1.82) is 0 Å². The van der Waals surface area contributed by atoms with Gasteiger partial charge in [0.05, 0.1) is 0 Å². The number of nitrogens with one attached hydrogen (secondary N) is 1. The van der Waals surface area contributed by atoms with Crippen LogP contribution in [-0.2, 0) is 0 Å². The highest BCUT2D eigenvalue weighted by Crippen LogP contribution is 2.40. The van der Waals surface area contributed by atoms with E-state index in [4.69, 9.17) is 0 Å². The molecule has 0 aromatic heterocycles. The van der Waals surface area contributed by atoms with Gasteiger partial charge in [0.25, 0.3) is 0 Å². The molecule has 0 aromatic carbocycles. The fourth-order valence-electron chi connectivity index (χ4n) is 2.01. The van der Waals surface area contributed by atoms with Gasteiger partial charge in [-0.05, 0) is 30.5 Å². The average Bonchev–Trinajstić information content (AvgIpc) is 2.00. The largest absolute Gasteiger partial charge is 0.365 e. The molecule has 1 N–H and O–H groups in total. The van der Waals surface area contributed by atoms with Gasteiger partial charge in [0, 0.05) is 11.1 Å². The van der Waals surface area contributed by atoms with Gasteiger partial charge in [0.2, 0.25) is 0 Å². The second kappa shape index (κ2) is 3.70. The number of hydrogen-bond acceptors (Lipinski definition) is 1. The highest BCUT2D eigenvalue weighted by Gasteiger charge is 2.29. The van der Waals surface area contributed by atoms with Crippen LogP contribution in [0, 0.1) is 10.8 Å². The molecule has 1 aliphatic rings. The summed E-state index contributed by atoms with van der Waals surface area (Å²) in [4.78, 5) is 0. The van der Waals surface area contributed by atoms with Gasteiger partial charge in [-0.15, -0.1) is 0 Å². The molecule has 0 aliphatic carbocycles. The maximum absolute atomic E-state index is 3.48. The molecular formula is C14H25N. The first-order chi connectivity index (χ1) is 6.62.